The number of phenols is 1. The van der Waals surface area contributed by atoms with Crippen molar-refractivity contribution in [3.63, 3.8) is 0 Å². The lowest BCUT2D eigenvalue weighted by atomic mass is 10.1. The highest BCUT2D eigenvalue weighted by atomic mass is 16.3. The van der Waals surface area contributed by atoms with Crippen molar-refractivity contribution in [2.45, 2.75) is 6.42 Å². The largest absolute Gasteiger partial charge is 0.508 e. The Bertz CT molecular complexity index is 523. The Morgan fingerprint density at radius 3 is 2.28 bits per heavy atom. The minimum absolute atomic E-state index is 0.265. The van der Waals surface area contributed by atoms with Crippen LogP contribution in [-0.2, 0) is 6.42 Å². The molecule has 6 N–H and O–H groups in total. The Morgan fingerprint density at radius 2 is 1.67 bits per heavy atom. The van der Waals surface area contributed by atoms with Gasteiger partial charge in [0.1, 0.15) is 5.75 Å². The molecule has 0 atom stereocenters. The van der Waals surface area contributed by atoms with Crippen molar-refractivity contribution in [3.05, 3.63) is 48.0 Å². The maximum absolute atomic E-state index is 9.83. The second kappa shape index (κ2) is 5.42. The highest BCUT2D eigenvalue weighted by Gasteiger charge is 2.02. The van der Waals surface area contributed by atoms with Crippen LogP contribution in [0.1, 0.15) is 5.56 Å². The highest BCUT2D eigenvalue weighted by Crippen LogP contribution is 2.25. The molecule has 0 aliphatic carbocycles. The van der Waals surface area contributed by atoms with Gasteiger partial charge in [-0.15, -0.1) is 0 Å². The fraction of sp³-hybridized carbons (Fsp3) is 0.143. The first kappa shape index (κ1) is 12.3. The van der Waals surface area contributed by atoms with Crippen LogP contribution in [0.3, 0.4) is 0 Å². The monoisotopic (exact) mass is 243 g/mol. The third-order valence-corrected chi connectivity index (χ3v) is 2.70. The molecule has 0 heterocycles. The Kier molecular flexibility index (Phi) is 3.69. The SMILES string of the molecule is NCCc1ccc(Nc2ccc(N)cc2)cc1O. The topological polar surface area (TPSA) is 84.3 Å². The first-order chi connectivity index (χ1) is 8.69. The van der Waals surface area contributed by atoms with E-state index in [1.165, 1.54) is 0 Å². The zero-order valence-corrected chi connectivity index (χ0v) is 10.1. The molecule has 2 aromatic carbocycles. The maximum Gasteiger partial charge on any atom is 0.120 e. The number of rotatable bonds is 4. The van der Waals surface area contributed by atoms with E-state index in [4.69, 9.17) is 11.5 Å². The van der Waals surface area contributed by atoms with E-state index < -0.39 is 0 Å². The number of aromatic hydroxyl groups is 1. The van der Waals surface area contributed by atoms with Crippen LogP contribution in [0.2, 0.25) is 0 Å². The van der Waals surface area contributed by atoms with Gasteiger partial charge < -0.3 is 21.9 Å². The van der Waals surface area contributed by atoms with Crippen LogP contribution < -0.4 is 16.8 Å². The van der Waals surface area contributed by atoms with Gasteiger partial charge in [-0.1, -0.05) is 6.07 Å². The molecule has 2 rings (SSSR count). The van der Waals surface area contributed by atoms with Crippen molar-refractivity contribution in [2.24, 2.45) is 5.73 Å². The molecule has 0 unspecified atom stereocenters. The van der Waals surface area contributed by atoms with Crippen LogP contribution >= 0.6 is 0 Å². The van der Waals surface area contributed by atoms with Gasteiger partial charge in [-0.25, -0.2) is 0 Å². The minimum atomic E-state index is 0.265. The molecule has 0 fully saturated rings. The molecule has 0 aliphatic heterocycles. The predicted octanol–water partition coefficient (Wildman–Crippen LogP) is 2.22. The van der Waals surface area contributed by atoms with Crippen molar-refractivity contribution in [1.29, 1.82) is 0 Å². The zero-order chi connectivity index (χ0) is 13.0. The lowest BCUT2D eigenvalue weighted by molar-refractivity contribution is 0.468. The van der Waals surface area contributed by atoms with Gasteiger partial charge in [0.2, 0.25) is 0 Å². The summed E-state index contributed by atoms with van der Waals surface area (Å²) in [5.41, 5.74) is 14.4. The molecule has 0 spiro atoms. The van der Waals surface area contributed by atoms with Crippen LogP contribution in [0.4, 0.5) is 17.1 Å². The number of nitrogens with two attached hydrogens (primary N) is 2. The number of nitrogens with one attached hydrogen (secondary N) is 1. The van der Waals surface area contributed by atoms with E-state index in [0.717, 1.165) is 22.6 Å². The quantitative estimate of drug-likeness (QED) is 0.620. The minimum Gasteiger partial charge on any atom is -0.508 e. The molecule has 0 amide bonds. The highest BCUT2D eigenvalue weighted by molar-refractivity contribution is 5.63. The summed E-state index contributed by atoms with van der Waals surface area (Å²) in [5, 5.41) is 13.0. The summed E-state index contributed by atoms with van der Waals surface area (Å²) in [6.45, 7) is 0.526. The molecule has 0 radical (unpaired) electrons. The van der Waals surface area contributed by atoms with Crippen molar-refractivity contribution in [1.82, 2.24) is 0 Å². The molecule has 0 saturated heterocycles. The summed E-state index contributed by atoms with van der Waals surface area (Å²) in [4.78, 5) is 0. The summed E-state index contributed by atoms with van der Waals surface area (Å²) in [5.74, 6) is 0.265. The summed E-state index contributed by atoms with van der Waals surface area (Å²) >= 11 is 0. The molecular weight excluding hydrogens is 226 g/mol. The summed E-state index contributed by atoms with van der Waals surface area (Å²) in [6.07, 6.45) is 0.675. The van der Waals surface area contributed by atoms with Crippen LogP contribution in [0.15, 0.2) is 42.5 Å². The van der Waals surface area contributed by atoms with Gasteiger partial charge in [0.05, 0.1) is 0 Å². The van der Waals surface area contributed by atoms with Crippen molar-refractivity contribution in [2.75, 3.05) is 17.6 Å². The van der Waals surface area contributed by atoms with E-state index in [1.807, 2.05) is 36.4 Å². The predicted molar refractivity (Wildman–Crippen MR) is 75.0 cm³/mol. The van der Waals surface area contributed by atoms with Gasteiger partial charge in [-0.05, 0) is 48.9 Å². The van der Waals surface area contributed by atoms with Crippen molar-refractivity contribution >= 4 is 17.1 Å². The molecule has 18 heavy (non-hydrogen) atoms. The third kappa shape index (κ3) is 2.93. The Balaban J connectivity index is 2.14. The lowest BCUT2D eigenvalue weighted by Crippen LogP contribution is -2.03. The van der Waals surface area contributed by atoms with E-state index in [1.54, 1.807) is 6.07 Å². The average molecular weight is 243 g/mol. The van der Waals surface area contributed by atoms with Crippen LogP contribution in [0.5, 0.6) is 5.75 Å². The fourth-order valence-corrected chi connectivity index (χ4v) is 1.74. The second-order valence-electron chi connectivity index (χ2n) is 4.13. The normalized spacial score (nSPS) is 10.3. The van der Waals surface area contributed by atoms with Gasteiger partial charge >= 0.3 is 0 Å². The van der Waals surface area contributed by atoms with Gasteiger partial charge in [0.15, 0.2) is 0 Å². The number of phenolic OH excluding ortho intramolecular Hbond substituents is 1. The van der Waals surface area contributed by atoms with E-state index in [2.05, 4.69) is 5.32 Å². The van der Waals surface area contributed by atoms with E-state index in [-0.39, 0.29) is 5.75 Å². The number of hydrogen-bond acceptors (Lipinski definition) is 4. The van der Waals surface area contributed by atoms with Crippen molar-refractivity contribution in [3.8, 4) is 5.75 Å². The Hall–Kier alpha value is -2.20. The number of benzene rings is 2. The summed E-state index contributed by atoms with van der Waals surface area (Å²) in [7, 11) is 0. The maximum atomic E-state index is 9.83. The Morgan fingerprint density at radius 1 is 1.00 bits per heavy atom. The molecule has 0 bridgehead atoms. The van der Waals surface area contributed by atoms with Crippen LogP contribution in [0, 0.1) is 0 Å². The standard InChI is InChI=1S/C14H17N3O/c15-8-7-10-1-4-13(9-14(10)18)17-12-5-2-11(16)3-6-12/h1-6,9,17-18H,7-8,15-16H2. The molecular formula is C14H17N3O. The fourth-order valence-electron chi connectivity index (χ4n) is 1.74. The number of anilines is 3. The number of nitrogen functional groups attached to an aromatic ring is 1. The van der Waals surface area contributed by atoms with Gasteiger partial charge in [0, 0.05) is 23.1 Å². The molecule has 0 aliphatic rings. The molecule has 94 valence electrons. The molecule has 0 saturated carbocycles. The Labute approximate surface area is 106 Å². The van der Waals surface area contributed by atoms with Gasteiger partial charge in [-0.2, -0.15) is 0 Å². The van der Waals surface area contributed by atoms with Gasteiger partial charge in [0.25, 0.3) is 0 Å². The third-order valence-electron chi connectivity index (χ3n) is 2.70. The molecule has 0 aromatic heterocycles. The van der Waals surface area contributed by atoms with Crippen LogP contribution in [0.25, 0.3) is 0 Å². The van der Waals surface area contributed by atoms with Crippen molar-refractivity contribution < 1.29 is 5.11 Å². The molecule has 4 heteroatoms. The van der Waals surface area contributed by atoms with E-state index in [9.17, 15) is 5.11 Å². The molecule has 4 nitrogen and oxygen atoms in total. The summed E-state index contributed by atoms with van der Waals surface area (Å²) < 4.78 is 0. The van der Waals surface area contributed by atoms with E-state index >= 15 is 0 Å². The number of hydrogen-bond donors (Lipinski definition) is 4. The first-order valence-electron chi connectivity index (χ1n) is 5.83. The molecule has 2 aromatic rings. The second-order valence-corrected chi connectivity index (χ2v) is 4.13. The smallest absolute Gasteiger partial charge is 0.120 e. The average Bonchev–Trinajstić information content (AvgIpc) is 2.36. The van der Waals surface area contributed by atoms with Gasteiger partial charge in [-0.3, -0.25) is 0 Å². The first-order valence-corrected chi connectivity index (χ1v) is 5.83. The van der Waals surface area contributed by atoms with E-state index in [0.29, 0.717) is 13.0 Å². The van der Waals surface area contributed by atoms with Crippen LogP contribution in [-0.4, -0.2) is 11.7 Å². The lowest BCUT2D eigenvalue weighted by Gasteiger charge is -2.09. The zero-order valence-electron chi connectivity index (χ0n) is 10.1. The summed E-state index contributed by atoms with van der Waals surface area (Å²) in [6, 6.07) is 12.9.